The third-order valence-corrected chi connectivity index (χ3v) is 9.49. The molecule has 4 aromatic rings. The first-order valence-corrected chi connectivity index (χ1v) is 15.1. The zero-order valence-corrected chi connectivity index (χ0v) is 24.1. The number of nitriles is 1. The first-order chi connectivity index (χ1) is 19.1. The highest BCUT2D eigenvalue weighted by atomic mass is 35.5. The topological polar surface area (TPSA) is 106 Å². The zero-order chi connectivity index (χ0) is 28.4. The summed E-state index contributed by atoms with van der Waals surface area (Å²) in [5.74, 6) is -0.171. The molecule has 1 saturated heterocycles. The number of piperidine rings is 1. The van der Waals surface area contributed by atoms with Gasteiger partial charge in [0.05, 0.1) is 16.5 Å². The largest absolute Gasteiger partial charge is 0.350 e. The lowest BCUT2D eigenvalue weighted by Gasteiger charge is -2.32. The summed E-state index contributed by atoms with van der Waals surface area (Å²) in [7, 11) is -4.02. The Balaban J connectivity index is 1.32. The summed E-state index contributed by atoms with van der Waals surface area (Å²) in [5.41, 5.74) is 3.98. The predicted molar refractivity (Wildman–Crippen MR) is 156 cm³/mol. The van der Waals surface area contributed by atoms with E-state index in [2.05, 4.69) is 21.3 Å². The van der Waals surface area contributed by atoms with Crippen LogP contribution in [-0.2, 0) is 16.4 Å². The zero-order valence-electron chi connectivity index (χ0n) is 22.5. The van der Waals surface area contributed by atoms with Crippen molar-refractivity contribution >= 4 is 38.2 Å². The summed E-state index contributed by atoms with van der Waals surface area (Å²) in [6, 6.07) is 19.9. The number of hydrogen-bond donors (Lipinski definition) is 2. The van der Waals surface area contributed by atoms with Crippen molar-refractivity contribution < 1.29 is 13.2 Å². The fraction of sp³-hybridized carbons (Fsp3) is 0.290. The predicted octanol–water partition coefficient (Wildman–Crippen LogP) is 5.78. The Kier molecular flexibility index (Phi) is 7.99. The van der Waals surface area contributed by atoms with Gasteiger partial charge in [-0.25, -0.2) is 8.42 Å². The van der Waals surface area contributed by atoms with Gasteiger partial charge in [0.25, 0.3) is 5.91 Å². The average Bonchev–Trinajstić information content (AvgIpc) is 3.31. The summed E-state index contributed by atoms with van der Waals surface area (Å²) in [4.78, 5) is 19.0. The quantitative estimate of drug-likeness (QED) is 0.291. The monoisotopic (exact) mass is 574 g/mol. The van der Waals surface area contributed by atoms with Crippen LogP contribution in [0.15, 0.2) is 70.5 Å². The van der Waals surface area contributed by atoms with E-state index >= 15 is 0 Å². The molecule has 206 valence electrons. The summed E-state index contributed by atoms with van der Waals surface area (Å²) >= 11 is 6.24. The second-order valence-electron chi connectivity index (χ2n) is 10.6. The number of carbonyl (C=O) groups is 1. The Hall–Kier alpha value is -3.64. The number of nitrogens with one attached hydrogen (secondary N) is 2. The van der Waals surface area contributed by atoms with Crippen molar-refractivity contribution in [2.45, 2.75) is 43.0 Å². The van der Waals surface area contributed by atoms with Crippen LogP contribution in [0.5, 0.6) is 0 Å². The summed E-state index contributed by atoms with van der Waals surface area (Å²) < 4.78 is 27.8. The molecule has 5 rings (SSSR count). The van der Waals surface area contributed by atoms with Crippen LogP contribution in [0.1, 0.15) is 45.6 Å². The number of likely N-dealkylation sites (tertiary alicyclic amines) is 1. The van der Waals surface area contributed by atoms with Crippen molar-refractivity contribution in [2.75, 3.05) is 19.6 Å². The van der Waals surface area contributed by atoms with Crippen LogP contribution in [0, 0.1) is 31.1 Å². The molecular formula is C31H31ClN4O3S. The second-order valence-corrected chi connectivity index (χ2v) is 12.9. The van der Waals surface area contributed by atoms with Crippen molar-refractivity contribution in [3.63, 3.8) is 0 Å². The van der Waals surface area contributed by atoms with E-state index in [1.807, 2.05) is 38.1 Å². The minimum Gasteiger partial charge on any atom is -0.350 e. The van der Waals surface area contributed by atoms with E-state index in [1.165, 1.54) is 0 Å². The maximum Gasteiger partial charge on any atom is 0.269 e. The SMILES string of the molecule is Cc1cc(C)cc(S(=O)(=O)c2c(C(=O)NCC3CCN(Cc4cccc(C#N)c4)CC3)[nH]c3ccc(Cl)cc23)c1. The molecule has 1 aromatic heterocycles. The Morgan fingerprint density at radius 3 is 2.50 bits per heavy atom. The normalized spacial score (nSPS) is 14.8. The third-order valence-electron chi connectivity index (χ3n) is 7.43. The van der Waals surface area contributed by atoms with Gasteiger partial charge in [-0.05, 0) is 105 Å². The Labute approximate surface area is 239 Å². The van der Waals surface area contributed by atoms with Gasteiger partial charge in [0.2, 0.25) is 9.84 Å². The molecule has 7 nitrogen and oxygen atoms in total. The number of sulfone groups is 1. The highest BCUT2D eigenvalue weighted by Gasteiger charge is 2.30. The highest BCUT2D eigenvalue weighted by Crippen LogP contribution is 2.34. The number of aromatic nitrogens is 1. The van der Waals surface area contributed by atoms with Gasteiger partial charge >= 0.3 is 0 Å². The molecule has 0 spiro atoms. The Morgan fingerprint density at radius 1 is 1.07 bits per heavy atom. The fourth-order valence-corrected chi connectivity index (χ4v) is 7.42. The molecule has 0 unspecified atom stereocenters. The molecular weight excluding hydrogens is 544 g/mol. The van der Waals surface area contributed by atoms with Gasteiger partial charge in [0.15, 0.2) is 0 Å². The second kappa shape index (κ2) is 11.5. The molecule has 0 bridgehead atoms. The Morgan fingerprint density at radius 2 is 1.80 bits per heavy atom. The van der Waals surface area contributed by atoms with E-state index in [9.17, 15) is 13.2 Å². The molecule has 1 aliphatic rings. The molecule has 0 atom stereocenters. The fourth-order valence-electron chi connectivity index (χ4n) is 5.46. The Bertz CT molecular complexity index is 1710. The first kappa shape index (κ1) is 27.9. The molecule has 0 saturated carbocycles. The van der Waals surface area contributed by atoms with Crippen LogP contribution < -0.4 is 5.32 Å². The number of halogens is 1. The average molecular weight is 575 g/mol. The van der Waals surface area contributed by atoms with E-state index in [0.29, 0.717) is 28.0 Å². The molecule has 9 heteroatoms. The summed E-state index contributed by atoms with van der Waals surface area (Å²) in [6.45, 7) is 6.70. The van der Waals surface area contributed by atoms with Gasteiger partial charge < -0.3 is 10.3 Å². The molecule has 2 heterocycles. The maximum absolute atomic E-state index is 13.9. The number of fused-ring (bicyclic) bond motifs is 1. The molecule has 1 fully saturated rings. The number of aromatic amines is 1. The van der Waals surface area contributed by atoms with Crippen molar-refractivity contribution in [1.82, 2.24) is 15.2 Å². The van der Waals surface area contributed by atoms with Crippen molar-refractivity contribution in [3.05, 3.63) is 93.6 Å². The molecule has 1 aliphatic heterocycles. The van der Waals surface area contributed by atoms with Crippen molar-refractivity contribution in [3.8, 4) is 6.07 Å². The van der Waals surface area contributed by atoms with Crippen molar-refractivity contribution in [2.24, 2.45) is 5.92 Å². The number of hydrogen-bond acceptors (Lipinski definition) is 5. The summed E-state index contributed by atoms with van der Waals surface area (Å²) in [5, 5.41) is 12.9. The highest BCUT2D eigenvalue weighted by molar-refractivity contribution is 7.91. The van der Waals surface area contributed by atoms with Crippen LogP contribution in [0.2, 0.25) is 5.02 Å². The van der Waals surface area contributed by atoms with Crippen LogP contribution in [-0.4, -0.2) is 43.8 Å². The van der Waals surface area contributed by atoms with Gasteiger partial charge in [-0.2, -0.15) is 5.26 Å². The first-order valence-electron chi connectivity index (χ1n) is 13.3. The number of carbonyl (C=O) groups excluding carboxylic acids is 1. The standard InChI is InChI=1S/C31H31ClN4O3S/c1-20-12-21(2)14-26(13-20)40(38,39)30-27-16-25(32)6-7-28(27)35-29(30)31(37)34-18-22-8-10-36(11-9-22)19-24-5-3-4-23(15-24)17-33/h3-7,12-16,22,35H,8-11,18-19H2,1-2H3,(H,34,37). The molecule has 2 N–H and O–H groups in total. The molecule has 40 heavy (non-hydrogen) atoms. The lowest BCUT2D eigenvalue weighted by Crippen LogP contribution is -2.38. The maximum atomic E-state index is 13.9. The lowest BCUT2D eigenvalue weighted by molar-refractivity contribution is 0.0928. The number of amides is 1. The molecule has 1 amide bonds. The van der Waals surface area contributed by atoms with E-state index in [4.69, 9.17) is 16.9 Å². The number of aryl methyl sites for hydroxylation is 2. The number of nitrogens with zero attached hydrogens (tertiary/aromatic N) is 2. The van der Waals surface area contributed by atoms with Crippen molar-refractivity contribution in [1.29, 1.82) is 5.26 Å². The number of benzene rings is 3. The van der Waals surface area contributed by atoms with Crippen LogP contribution in [0.4, 0.5) is 0 Å². The van der Waals surface area contributed by atoms with E-state index in [0.717, 1.165) is 49.2 Å². The van der Waals surface area contributed by atoms with E-state index in [-0.39, 0.29) is 21.4 Å². The van der Waals surface area contributed by atoms with Gasteiger partial charge in [-0.15, -0.1) is 0 Å². The minimum absolute atomic E-state index is 0.0197. The number of H-pyrrole nitrogens is 1. The summed E-state index contributed by atoms with van der Waals surface area (Å²) in [6.07, 6.45) is 1.82. The lowest BCUT2D eigenvalue weighted by atomic mass is 9.96. The van der Waals surface area contributed by atoms with Gasteiger partial charge in [0.1, 0.15) is 10.6 Å². The van der Waals surface area contributed by atoms with Gasteiger partial charge in [-0.1, -0.05) is 29.8 Å². The smallest absolute Gasteiger partial charge is 0.269 e. The molecule has 3 aromatic carbocycles. The van der Waals surface area contributed by atoms with Gasteiger partial charge in [-0.3, -0.25) is 9.69 Å². The molecule has 0 radical (unpaired) electrons. The minimum atomic E-state index is -4.02. The van der Waals surface area contributed by atoms with Crippen LogP contribution in [0.3, 0.4) is 0 Å². The van der Waals surface area contributed by atoms with Crippen LogP contribution in [0.25, 0.3) is 10.9 Å². The number of rotatable bonds is 7. The van der Waals surface area contributed by atoms with Gasteiger partial charge in [0, 0.05) is 29.0 Å². The molecule has 0 aliphatic carbocycles. The third kappa shape index (κ3) is 5.92. The van der Waals surface area contributed by atoms with E-state index in [1.54, 1.807) is 36.4 Å². The van der Waals surface area contributed by atoms with E-state index < -0.39 is 15.7 Å². The van der Waals surface area contributed by atoms with Crippen LogP contribution >= 0.6 is 11.6 Å².